The van der Waals surface area contributed by atoms with Crippen LogP contribution in [0.2, 0.25) is 10.0 Å². The number of hydrogen-bond donors (Lipinski definition) is 1. The molecule has 0 spiro atoms. The summed E-state index contributed by atoms with van der Waals surface area (Å²) in [5.41, 5.74) is 2.15. The second-order valence-electron chi connectivity index (χ2n) is 14.0. The summed E-state index contributed by atoms with van der Waals surface area (Å²) in [6.45, 7) is 14.1. The van der Waals surface area contributed by atoms with Gasteiger partial charge in [-0.15, -0.1) is 0 Å². The van der Waals surface area contributed by atoms with Gasteiger partial charge in [0.25, 0.3) is 0 Å². The van der Waals surface area contributed by atoms with Crippen LogP contribution in [0.3, 0.4) is 0 Å². The fourth-order valence-corrected chi connectivity index (χ4v) is 6.45. The number of nitriles is 1. The summed E-state index contributed by atoms with van der Waals surface area (Å²) < 4.78 is 6.18. The van der Waals surface area contributed by atoms with Gasteiger partial charge in [-0.25, -0.2) is 4.79 Å². The van der Waals surface area contributed by atoms with E-state index in [1.54, 1.807) is 4.90 Å². The maximum absolute atomic E-state index is 14.9. The van der Waals surface area contributed by atoms with E-state index in [1.165, 1.54) is 0 Å². The highest BCUT2D eigenvalue weighted by Crippen LogP contribution is 2.46. The highest BCUT2D eigenvalue weighted by atomic mass is 35.5. The molecule has 3 aromatic rings. The number of carbonyl (C=O) groups excluding carboxylic acids is 2. The summed E-state index contributed by atoms with van der Waals surface area (Å²) in [6, 6.07) is 21.9. The van der Waals surface area contributed by atoms with Gasteiger partial charge in [-0.1, -0.05) is 61.0 Å². The van der Waals surface area contributed by atoms with Crippen LogP contribution in [-0.4, -0.2) is 77.3 Å². The van der Waals surface area contributed by atoms with Crippen molar-refractivity contribution in [3.8, 4) is 11.8 Å². The second-order valence-corrected chi connectivity index (χ2v) is 14.9. The van der Waals surface area contributed by atoms with Gasteiger partial charge in [0.05, 0.1) is 36.2 Å². The number of amides is 3. The van der Waals surface area contributed by atoms with Crippen molar-refractivity contribution >= 4 is 41.0 Å². The molecule has 1 saturated heterocycles. The fraction of sp³-hybridized carbons (Fsp3) is 0.436. The predicted octanol–water partition coefficient (Wildman–Crippen LogP) is 8.03. The Kier molecular flexibility index (Phi) is 12.3. The second kappa shape index (κ2) is 15.8. The van der Waals surface area contributed by atoms with Gasteiger partial charge in [0.2, 0.25) is 5.91 Å². The average molecular weight is 720 g/mol. The van der Waals surface area contributed by atoms with E-state index in [-0.39, 0.29) is 31.4 Å². The number of amidine groups is 1. The number of piperazine rings is 1. The van der Waals surface area contributed by atoms with Crippen LogP contribution in [0.5, 0.6) is 5.75 Å². The van der Waals surface area contributed by atoms with Crippen LogP contribution in [0.4, 0.5) is 4.79 Å². The van der Waals surface area contributed by atoms with E-state index in [4.69, 9.17) is 32.9 Å². The Morgan fingerprint density at radius 2 is 1.50 bits per heavy atom. The molecule has 11 heteroatoms. The number of hydrogen-bond acceptors (Lipinski definition) is 6. The van der Waals surface area contributed by atoms with Gasteiger partial charge in [-0.2, -0.15) is 5.26 Å². The van der Waals surface area contributed by atoms with Crippen molar-refractivity contribution in [1.82, 2.24) is 20.0 Å². The molecule has 2 aliphatic rings. The number of nitrogens with one attached hydrogen (secondary N) is 1. The Morgan fingerprint density at radius 3 is 2.04 bits per heavy atom. The maximum atomic E-state index is 14.9. The molecule has 1 N–H and O–H groups in total. The highest BCUT2D eigenvalue weighted by molar-refractivity contribution is 6.30. The summed E-state index contributed by atoms with van der Waals surface area (Å²) >= 11 is 12.6. The van der Waals surface area contributed by atoms with Gasteiger partial charge >= 0.3 is 6.03 Å². The number of urea groups is 1. The number of nitrogens with zero attached hydrogens (tertiary/aromatic N) is 5. The molecular formula is C39H48Cl2N6O3. The van der Waals surface area contributed by atoms with Crippen LogP contribution in [0, 0.1) is 11.3 Å². The number of rotatable bonds is 8. The lowest BCUT2D eigenvalue weighted by atomic mass is 9.85. The van der Waals surface area contributed by atoms with E-state index < -0.39 is 17.5 Å². The third-order valence-corrected chi connectivity index (χ3v) is 9.25. The Hall–Kier alpha value is -4.10. The summed E-state index contributed by atoms with van der Waals surface area (Å²) in [6.07, 6.45) is 0. The molecule has 0 aliphatic carbocycles. The molecule has 2 aliphatic heterocycles. The predicted molar refractivity (Wildman–Crippen MR) is 201 cm³/mol. The summed E-state index contributed by atoms with van der Waals surface area (Å²) in [5.74, 6) is 0.976. The van der Waals surface area contributed by atoms with E-state index >= 15 is 0 Å². The van der Waals surface area contributed by atoms with Crippen LogP contribution in [-0.2, 0) is 10.2 Å². The highest BCUT2D eigenvalue weighted by Gasteiger charge is 2.45. The van der Waals surface area contributed by atoms with Crippen LogP contribution in [0.15, 0.2) is 71.7 Å². The van der Waals surface area contributed by atoms with Crippen LogP contribution in [0.1, 0.15) is 83.3 Å². The lowest BCUT2D eigenvalue weighted by Gasteiger charge is -2.39. The van der Waals surface area contributed by atoms with E-state index in [0.717, 1.165) is 16.7 Å². The zero-order chi connectivity index (χ0) is 35.5. The van der Waals surface area contributed by atoms with Crippen LogP contribution >= 0.6 is 23.2 Å². The smallest absolute Gasteiger partial charge is 0.326 e. The summed E-state index contributed by atoms with van der Waals surface area (Å²) in [5, 5.41) is 14.1. The van der Waals surface area contributed by atoms with Crippen molar-refractivity contribution in [1.29, 1.82) is 5.26 Å². The molecule has 50 heavy (non-hydrogen) atoms. The van der Waals surface area contributed by atoms with Gasteiger partial charge in [0, 0.05) is 41.8 Å². The quantitative estimate of drug-likeness (QED) is 0.254. The van der Waals surface area contributed by atoms with E-state index in [0.29, 0.717) is 60.0 Å². The molecule has 2 heterocycles. The number of aliphatic imine (C=N–C) groups is 1. The van der Waals surface area contributed by atoms with Gasteiger partial charge in [-0.3, -0.25) is 19.6 Å². The van der Waals surface area contributed by atoms with Crippen molar-refractivity contribution in [2.75, 3.05) is 39.3 Å². The molecule has 266 valence electrons. The number of halogens is 2. The molecule has 1 fully saturated rings. The lowest BCUT2D eigenvalue weighted by molar-refractivity contribution is -0.124. The number of ether oxygens (including phenoxy) is 1. The molecule has 2 atom stereocenters. The molecule has 3 aromatic carbocycles. The first-order chi connectivity index (χ1) is 23.2. The Morgan fingerprint density at radius 1 is 0.920 bits per heavy atom. The first kappa shape index (κ1) is 38.7. The zero-order valence-electron chi connectivity index (χ0n) is 29.0. The molecular weight excluding hydrogens is 671 g/mol. The monoisotopic (exact) mass is 718 g/mol. The molecule has 0 aromatic heterocycles. The van der Waals surface area contributed by atoms with Crippen molar-refractivity contribution in [2.45, 2.75) is 72.0 Å². The molecule has 9 nitrogen and oxygen atoms in total. The molecule has 5 rings (SSSR count). The first-order valence-corrected chi connectivity index (χ1v) is 17.4. The average Bonchev–Trinajstić information content (AvgIpc) is 3.45. The first-order valence-electron chi connectivity index (χ1n) is 16.6. The molecule has 0 unspecified atom stereocenters. The zero-order valence-corrected chi connectivity index (χ0v) is 30.5. The minimum Gasteiger partial charge on any atom is -0.493 e. The summed E-state index contributed by atoms with van der Waals surface area (Å²) in [7, 11) is 0. The fourth-order valence-electron chi connectivity index (χ4n) is 6.20. The third kappa shape index (κ3) is 8.79. The third-order valence-electron chi connectivity index (χ3n) is 8.74. The van der Waals surface area contributed by atoms with Gasteiger partial charge in [-0.05, 0) is 94.6 Å². The Bertz CT molecular complexity index is 1740. The lowest BCUT2D eigenvalue weighted by Crippen LogP contribution is -2.56. The molecule has 3 amide bonds. The standard InChI is InChI=1S/C38H44Cl2N6O3.CH4/c1-7-49-31-22-27(38(5,6)24-41)12-17-30(31)35-42-33(25-8-13-28(39)14-9-25)34(26-10-15-29(40)16-11-26)46(35)36(48)45-20-18-44(19-21-45)23-32(47)43-37(2,3)4;/h8-17,22,33-34H,7,18-21,23H2,1-6H3,(H,43,47);1H4/t33-,34+;/m0./s1. The van der Waals surface area contributed by atoms with Crippen molar-refractivity contribution in [2.24, 2.45) is 4.99 Å². The number of benzene rings is 3. The molecule has 0 saturated carbocycles. The van der Waals surface area contributed by atoms with E-state index in [1.807, 2.05) is 113 Å². The number of carbonyl (C=O) groups is 2. The SMILES string of the molecule is C.CCOc1cc(C(C)(C)C#N)ccc1C1=N[C@@H](c2ccc(Cl)cc2)[C@@H](c2ccc(Cl)cc2)N1C(=O)N1CCN(CC(=O)NC(C)(C)C)CC1. The van der Waals surface area contributed by atoms with E-state index in [2.05, 4.69) is 16.3 Å². The minimum atomic E-state index is -0.751. The van der Waals surface area contributed by atoms with Crippen LogP contribution < -0.4 is 10.1 Å². The Balaban J connectivity index is 0.00000562. The van der Waals surface area contributed by atoms with Crippen molar-refractivity contribution in [3.63, 3.8) is 0 Å². The topological polar surface area (TPSA) is 101 Å². The van der Waals surface area contributed by atoms with Gasteiger partial charge in [0.15, 0.2) is 0 Å². The van der Waals surface area contributed by atoms with Crippen molar-refractivity contribution < 1.29 is 14.3 Å². The Labute approximate surface area is 306 Å². The van der Waals surface area contributed by atoms with E-state index in [9.17, 15) is 14.9 Å². The normalized spacial score (nSPS) is 18.2. The largest absolute Gasteiger partial charge is 0.493 e. The van der Waals surface area contributed by atoms with Gasteiger partial charge < -0.3 is 15.0 Å². The maximum Gasteiger partial charge on any atom is 0.326 e. The van der Waals surface area contributed by atoms with Crippen molar-refractivity contribution in [3.05, 3.63) is 99.0 Å². The summed E-state index contributed by atoms with van der Waals surface area (Å²) in [4.78, 5) is 38.5. The molecule has 0 bridgehead atoms. The van der Waals surface area contributed by atoms with Crippen LogP contribution in [0.25, 0.3) is 0 Å². The van der Waals surface area contributed by atoms with Gasteiger partial charge in [0.1, 0.15) is 17.6 Å². The minimum absolute atomic E-state index is 0. The molecule has 0 radical (unpaired) electrons.